The van der Waals surface area contributed by atoms with Crippen molar-refractivity contribution in [3.05, 3.63) is 119 Å². The number of benzene rings is 4. The molecule has 0 aliphatic rings. The Morgan fingerprint density at radius 3 is 1.24 bits per heavy atom. The second-order valence-electron chi connectivity index (χ2n) is 8.52. The van der Waals surface area contributed by atoms with Crippen molar-refractivity contribution in [2.24, 2.45) is 0 Å². The Kier molecular flexibility index (Phi) is 8.53. The Hall–Kier alpha value is -4.89. The molecule has 0 aliphatic carbocycles. The third kappa shape index (κ3) is 7.08. The van der Waals surface area contributed by atoms with Gasteiger partial charge in [-0.05, 0) is 97.9 Å². The summed E-state index contributed by atoms with van der Waals surface area (Å²) in [7, 11) is 0. The van der Waals surface area contributed by atoms with Crippen LogP contribution in [0.2, 0.25) is 0 Å². The van der Waals surface area contributed by atoms with Gasteiger partial charge in [0.2, 0.25) is 0 Å². The molecular formula is C29H28N6O2S. The van der Waals surface area contributed by atoms with Gasteiger partial charge in [0.05, 0.1) is 11.4 Å². The van der Waals surface area contributed by atoms with Crippen LogP contribution in [0.15, 0.2) is 97.1 Å². The van der Waals surface area contributed by atoms with Gasteiger partial charge in [0.1, 0.15) is 0 Å². The maximum Gasteiger partial charge on any atom is 0.269 e. The first-order valence-corrected chi connectivity index (χ1v) is 12.3. The zero-order valence-corrected chi connectivity index (χ0v) is 21.8. The van der Waals surface area contributed by atoms with Crippen LogP contribution in [0, 0.1) is 13.8 Å². The third-order valence-corrected chi connectivity index (χ3v) is 5.91. The van der Waals surface area contributed by atoms with Crippen LogP contribution in [0.1, 0.15) is 31.8 Å². The van der Waals surface area contributed by atoms with Gasteiger partial charge < -0.3 is 10.6 Å². The standard InChI is InChI=1S/C29H28N6O2S/c1-19-7-3-5-9-25(19)27(36)34-32-23-15-11-21(12-16-23)30-29(38)31-22-13-17-24(18-14-22)33-35-28(37)26-10-6-4-8-20(26)2/h3-18,32-33H,1-2H3,(H,34,36)(H,35,37)(H2,30,31,38). The first kappa shape index (κ1) is 26.2. The zero-order valence-electron chi connectivity index (χ0n) is 21.0. The molecule has 4 aromatic rings. The Bertz CT molecular complexity index is 1330. The van der Waals surface area contributed by atoms with E-state index in [9.17, 15) is 9.59 Å². The molecule has 0 bridgehead atoms. The lowest BCUT2D eigenvalue weighted by molar-refractivity contribution is 0.0954. The highest BCUT2D eigenvalue weighted by molar-refractivity contribution is 7.80. The molecule has 0 atom stereocenters. The SMILES string of the molecule is Cc1ccccc1C(=O)NNc1ccc(NC(=S)Nc2ccc(NNC(=O)c3ccccc3C)cc2)cc1. The van der Waals surface area contributed by atoms with E-state index in [0.29, 0.717) is 16.2 Å². The summed E-state index contributed by atoms with van der Waals surface area (Å²) >= 11 is 5.42. The van der Waals surface area contributed by atoms with Gasteiger partial charge in [0.15, 0.2) is 5.11 Å². The Labute approximate surface area is 226 Å². The number of nitrogens with one attached hydrogen (secondary N) is 6. The molecule has 0 aromatic heterocycles. The van der Waals surface area contributed by atoms with Gasteiger partial charge in [-0.2, -0.15) is 0 Å². The topological polar surface area (TPSA) is 106 Å². The molecule has 9 heteroatoms. The highest BCUT2D eigenvalue weighted by atomic mass is 32.1. The van der Waals surface area contributed by atoms with E-state index >= 15 is 0 Å². The maximum atomic E-state index is 12.3. The highest BCUT2D eigenvalue weighted by Gasteiger charge is 2.09. The van der Waals surface area contributed by atoms with Gasteiger partial charge >= 0.3 is 0 Å². The summed E-state index contributed by atoms with van der Waals surface area (Å²) in [5.41, 5.74) is 17.3. The number of hydrazine groups is 2. The molecule has 38 heavy (non-hydrogen) atoms. The Balaban J connectivity index is 1.23. The number of hydrogen-bond acceptors (Lipinski definition) is 5. The summed E-state index contributed by atoms with van der Waals surface area (Å²) in [4.78, 5) is 24.7. The number of hydrogen-bond donors (Lipinski definition) is 6. The highest BCUT2D eigenvalue weighted by Crippen LogP contribution is 2.16. The normalized spacial score (nSPS) is 10.2. The summed E-state index contributed by atoms with van der Waals surface area (Å²) in [6.45, 7) is 3.79. The van der Waals surface area contributed by atoms with Crippen molar-refractivity contribution in [3.63, 3.8) is 0 Å². The van der Waals surface area contributed by atoms with E-state index in [-0.39, 0.29) is 11.8 Å². The van der Waals surface area contributed by atoms with Crippen LogP contribution in [0.3, 0.4) is 0 Å². The van der Waals surface area contributed by atoms with Crippen molar-refractivity contribution < 1.29 is 9.59 Å². The zero-order chi connectivity index (χ0) is 26.9. The fourth-order valence-corrected chi connectivity index (χ4v) is 3.85. The van der Waals surface area contributed by atoms with Crippen LogP contribution in [-0.2, 0) is 0 Å². The average molecular weight is 525 g/mol. The lowest BCUT2D eigenvalue weighted by atomic mass is 10.1. The summed E-state index contributed by atoms with van der Waals surface area (Å²) in [5, 5.41) is 6.68. The van der Waals surface area contributed by atoms with E-state index < -0.39 is 0 Å². The predicted molar refractivity (Wildman–Crippen MR) is 157 cm³/mol. The van der Waals surface area contributed by atoms with E-state index in [1.54, 1.807) is 12.1 Å². The van der Waals surface area contributed by atoms with Crippen LogP contribution in [0.5, 0.6) is 0 Å². The minimum atomic E-state index is -0.203. The van der Waals surface area contributed by atoms with Crippen molar-refractivity contribution in [1.82, 2.24) is 10.9 Å². The molecule has 192 valence electrons. The van der Waals surface area contributed by atoms with E-state index in [0.717, 1.165) is 33.9 Å². The molecule has 0 unspecified atom stereocenters. The lowest BCUT2D eigenvalue weighted by Gasteiger charge is -2.13. The van der Waals surface area contributed by atoms with Crippen LogP contribution >= 0.6 is 12.2 Å². The molecule has 0 heterocycles. The second kappa shape index (κ2) is 12.4. The third-order valence-electron chi connectivity index (χ3n) is 5.71. The van der Waals surface area contributed by atoms with Crippen molar-refractivity contribution in [1.29, 1.82) is 0 Å². The maximum absolute atomic E-state index is 12.3. The molecule has 0 saturated carbocycles. The molecule has 0 fully saturated rings. The predicted octanol–water partition coefficient (Wildman–Crippen LogP) is 5.63. The minimum Gasteiger partial charge on any atom is -0.332 e. The fourth-order valence-electron chi connectivity index (χ4n) is 3.62. The van der Waals surface area contributed by atoms with Gasteiger partial charge in [-0.15, -0.1) is 0 Å². The molecule has 4 aromatic carbocycles. The van der Waals surface area contributed by atoms with Crippen molar-refractivity contribution in [3.8, 4) is 0 Å². The fraction of sp³-hybridized carbons (Fsp3) is 0.0690. The molecular weight excluding hydrogens is 496 g/mol. The van der Waals surface area contributed by atoms with Crippen molar-refractivity contribution in [2.75, 3.05) is 21.5 Å². The molecule has 0 aliphatic heterocycles. The molecule has 4 rings (SSSR count). The van der Waals surface area contributed by atoms with Crippen LogP contribution in [0.25, 0.3) is 0 Å². The number of carbonyl (C=O) groups excluding carboxylic acids is 2. The number of carbonyl (C=O) groups is 2. The van der Waals surface area contributed by atoms with Crippen LogP contribution in [0.4, 0.5) is 22.7 Å². The molecule has 8 nitrogen and oxygen atoms in total. The van der Waals surface area contributed by atoms with Gasteiger partial charge in [0.25, 0.3) is 11.8 Å². The minimum absolute atomic E-state index is 0.203. The molecule has 6 N–H and O–H groups in total. The molecule has 0 spiro atoms. The quantitative estimate of drug-likeness (QED) is 0.131. The van der Waals surface area contributed by atoms with Crippen molar-refractivity contribution in [2.45, 2.75) is 13.8 Å². The van der Waals surface area contributed by atoms with Gasteiger partial charge in [0, 0.05) is 22.5 Å². The first-order chi connectivity index (χ1) is 18.4. The lowest BCUT2D eigenvalue weighted by Crippen LogP contribution is -2.29. The van der Waals surface area contributed by atoms with Gasteiger partial charge in [-0.3, -0.25) is 31.3 Å². The number of anilines is 4. The summed E-state index contributed by atoms with van der Waals surface area (Å²) in [6.07, 6.45) is 0. The molecule has 0 radical (unpaired) electrons. The van der Waals surface area contributed by atoms with Gasteiger partial charge in [-0.1, -0.05) is 36.4 Å². The summed E-state index contributed by atoms with van der Waals surface area (Å²) in [5.74, 6) is -0.406. The van der Waals surface area contributed by atoms with E-state index in [1.807, 2.05) is 98.8 Å². The monoisotopic (exact) mass is 524 g/mol. The second-order valence-corrected chi connectivity index (χ2v) is 8.93. The van der Waals surface area contributed by atoms with Gasteiger partial charge in [-0.25, -0.2) is 0 Å². The molecule has 0 saturated heterocycles. The van der Waals surface area contributed by atoms with E-state index in [4.69, 9.17) is 12.2 Å². The number of amides is 2. The molecule has 2 amide bonds. The Morgan fingerprint density at radius 2 is 0.868 bits per heavy atom. The first-order valence-electron chi connectivity index (χ1n) is 11.9. The van der Waals surface area contributed by atoms with E-state index in [2.05, 4.69) is 32.3 Å². The average Bonchev–Trinajstić information content (AvgIpc) is 2.92. The summed E-state index contributed by atoms with van der Waals surface area (Å²) in [6, 6.07) is 29.5. The smallest absolute Gasteiger partial charge is 0.269 e. The van der Waals surface area contributed by atoms with Crippen LogP contribution < -0.4 is 32.3 Å². The van der Waals surface area contributed by atoms with Crippen molar-refractivity contribution >= 4 is 51.9 Å². The van der Waals surface area contributed by atoms with E-state index in [1.165, 1.54) is 0 Å². The number of aryl methyl sites for hydroxylation is 2. The summed E-state index contributed by atoms with van der Waals surface area (Å²) < 4.78 is 0. The van der Waals surface area contributed by atoms with Crippen LogP contribution in [-0.4, -0.2) is 16.9 Å². The largest absolute Gasteiger partial charge is 0.332 e. The Morgan fingerprint density at radius 1 is 0.526 bits per heavy atom. The number of rotatable bonds is 8. The number of thiocarbonyl (C=S) groups is 1.